The number of hydrogen-bond acceptors (Lipinski definition) is 4. The van der Waals surface area contributed by atoms with Crippen LogP contribution in [0.4, 0.5) is 5.13 Å². The number of amides is 1. The maximum Gasteiger partial charge on any atom is 0.225 e. The van der Waals surface area contributed by atoms with Gasteiger partial charge in [-0.05, 0) is 6.42 Å². The normalized spacial score (nSPS) is 17.9. The maximum absolute atomic E-state index is 12.2. The van der Waals surface area contributed by atoms with Crippen LogP contribution < -0.4 is 4.90 Å². The quantitative estimate of drug-likeness (QED) is 0.839. The predicted molar refractivity (Wildman–Crippen MR) is 75.0 cm³/mol. The molecule has 1 unspecified atom stereocenters. The molecule has 100 valence electrons. The van der Waals surface area contributed by atoms with Gasteiger partial charge in [0.2, 0.25) is 5.91 Å². The number of hydrogen-bond donors (Lipinski definition) is 0. The van der Waals surface area contributed by atoms with Crippen molar-refractivity contribution < 1.29 is 4.79 Å². The van der Waals surface area contributed by atoms with Crippen molar-refractivity contribution in [2.45, 2.75) is 26.7 Å². The number of aromatic nitrogens is 1. The van der Waals surface area contributed by atoms with E-state index in [9.17, 15) is 4.79 Å². The molecule has 2 heterocycles. The van der Waals surface area contributed by atoms with Gasteiger partial charge in [-0.3, -0.25) is 4.79 Å². The number of carbonyl (C=O) groups is 1. The molecule has 0 aliphatic carbocycles. The molecule has 1 aromatic heterocycles. The summed E-state index contributed by atoms with van der Waals surface area (Å²) in [4.78, 5) is 20.8. The highest BCUT2D eigenvalue weighted by molar-refractivity contribution is 7.13. The Labute approximate surface area is 113 Å². The highest BCUT2D eigenvalue weighted by Gasteiger charge is 2.25. The molecule has 1 aliphatic heterocycles. The van der Waals surface area contributed by atoms with Gasteiger partial charge in [0.15, 0.2) is 5.13 Å². The van der Waals surface area contributed by atoms with Gasteiger partial charge >= 0.3 is 0 Å². The van der Waals surface area contributed by atoms with E-state index in [0.717, 1.165) is 44.2 Å². The average molecular weight is 267 g/mol. The number of carbonyl (C=O) groups excluding carboxylic acids is 1. The summed E-state index contributed by atoms with van der Waals surface area (Å²) in [6, 6.07) is 0. The molecule has 1 aromatic rings. The van der Waals surface area contributed by atoms with Gasteiger partial charge in [-0.2, -0.15) is 0 Å². The Morgan fingerprint density at radius 2 is 2.17 bits per heavy atom. The lowest BCUT2D eigenvalue weighted by molar-refractivity contribution is -0.135. The first-order valence-corrected chi connectivity index (χ1v) is 7.53. The molecule has 1 fully saturated rings. The summed E-state index contributed by atoms with van der Waals surface area (Å²) in [7, 11) is 0. The number of nitrogens with zero attached hydrogens (tertiary/aromatic N) is 3. The van der Waals surface area contributed by atoms with Crippen molar-refractivity contribution in [1.82, 2.24) is 9.88 Å². The molecule has 1 saturated heterocycles. The molecule has 0 aromatic carbocycles. The van der Waals surface area contributed by atoms with Gasteiger partial charge in [0.1, 0.15) is 0 Å². The minimum atomic E-state index is 0.168. The predicted octanol–water partition coefficient (Wildman–Crippen LogP) is 2.23. The zero-order valence-corrected chi connectivity index (χ0v) is 11.9. The van der Waals surface area contributed by atoms with Crippen LogP contribution in [0.3, 0.4) is 0 Å². The highest BCUT2D eigenvalue weighted by Crippen LogP contribution is 2.20. The van der Waals surface area contributed by atoms with Crippen LogP contribution in [-0.4, -0.2) is 42.0 Å². The molecule has 2 rings (SSSR count). The van der Waals surface area contributed by atoms with Crippen molar-refractivity contribution >= 4 is 22.4 Å². The van der Waals surface area contributed by atoms with Crippen LogP contribution in [0, 0.1) is 5.92 Å². The second-order valence-electron chi connectivity index (χ2n) is 4.82. The fourth-order valence-corrected chi connectivity index (χ4v) is 3.06. The van der Waals surface area contributed by atoms with Crippen LogP contribution >= 0.6 is 11.3 Å². The van der Waals surface area contributed by atoms with Gasteiger partial charge in [0.25, 0.3) is 0 Å². The van der Waals surface area contributed by atoms with Crippen molar-refractivity contribution in [2.75, 3.05) is 31.1 Å². The van der Waals surface area contributed by atoms with E-state index in [0.29, 0.717) is 5.91 Å². The van der Waals surface area contributed by atoms with Crippen LogP contribution in [0.2, 0.25) is 0 Å². The summed E-state index contributed by atoms with van der Waals surface area (Å²) < 4.78 is 0. The molecule has 1 aliphatic rings. The van der Waals surface area contributed by atoms with Crippen molar-refractivity contribution in [3.05, 3.63) is 11.6 Å². The van der Waals surface area contributed by atoms with E-state index < -0.39 is 0 Å². The lowest BCUT2D eigenvalue weighted by Crippen LogP contribution is -2.50. The number of piperazine rings is 1. The van der Waals surface area contributed by atoms with E-state index in [-0.39, 0.29) is 5.92 Å². The summed E-state index contributed by atoms with van der Waals surface area (Å²) in [6.07, 6.45) is 3.90. The fourth-order valence-electron chi connectivity index (χ4n) is 2.36. The van der Waals surface area contributed by atoms with Gasteiger partial charge < -0.3 is 9.80 Å². The molecule has 0 spiro atoms. The Hall–Kier alpha value is -1.10. The average Bonchev–Trinajstić information content (AvgIpc) is 2.92. The highest BCUT2D eigenvalue weighted by atomic mass is 32.1. The molecule has 1 atom stereocenters. The van der Waals surface area contributed by atoms with Crippen molar-refractivity contribution in [3.8, 4) is 0 Å². The van der Waals surface area contributed by atoms with E-state index in [4.69, 9.17) is 0 Å². The Morgan fingerprint density at radius 3 is 2.72 bits per heavy atom. The first kappa shape index (κ1) is 13.3. The zero-order chi connectivity index (χ0) is 13.0. The third-order valence-electron chi connectivity index (χ3n) is 3.42. The number of thiazole rings is 1. The first-order valence-electron chi connectivity index (χ1n) is 6.65. The maximum atomic E-state index is 12.2. The number of anilines is 1. The molecular weight excluding hydrogens is 246 g/mol. The van der Waals surface area contributed by atoms with Crippen molar-refractivity contribution in [3.63, 3.8) is 0 Å². The fraction of sp³-hybridized carbons (Fsp3) is 0.692. The van der Waals surface area contributed by atoms with E-state index in [1.165, 1.54) is 0 Å². The molecule has 1 amide bonds. The third-order valence-corrected chi connectivity index (χ3v) is 4.26. The SMILES string of the molecule is CCCC(C)C(=O)N1CCN(c2nccs2)CC1. The van der Waals surface area contributed by atoms with Gasteiger partial charge in [-0.1, -0.05) is 20.3 Å². The van der Waals surface area contributed by atoms with E-state index in [2.05, 4.69) is 16.8 Å². The third kappa shape index (κ3) is 3.02. The summed E-state index contributed by atoms with van der Waals surface area (Å²) >= 11 is 1.66. The molecule has 4 nitrogen and oxygen atoms in total. The molecule has 0 saturated carbocycles. The standard InChI is InChI=1S/C13H21N3OS/c1-3-4-11(2)12(17)15-6-8-16(9-7-15)13-14-5-10-18-13/h5,10-11H,3-4,6-9H2,1-2H3. The molecular formula is C13H21N3OS. The molecule has 0 radical (unpaired) electrons. The number of rotatable bonds is 4. The summed E-state index contributed by atoms with van der Waals surface area (Å²) in [6.45, 7) is 7.62. The Balaban J connectivity index is 1.85. The lowest BCUT2D eigenvalue weighted by Gasteiger charge is -2.35. The molecule has 0 N–H and O–H groups in total. The minimum absolute atomic E-state index is 0.168. The monoisotopic (exact) mass is 267 g/mol. The summed E-state index contributed by atoms with van der Waals surface area (Å²) in [5, 5.41) is 3.07. The van der Waals surface area contributed by atoms with Crippen LogP contribution in [0.15, 0.2) is 11.6 Å². The minimum Gasteiger partial charge on any atom is -0.345 e. The first-order chi connectivity index (χ1) is 8.72. The van der Waals surface area contributed by atoms with Gasteiger partial charge in [0, 0.05) is 43.7 Å². The Kier molecular flexibility index (Phi) is 4.58. The molecule has 0 bridgehead atoms. The Bertz CT molecular complexity index is 372. The van der Waals surface area contributed by atoms with Gasteiger partial charge in [0.05, 0.1) is 0 Å². The molecule has 5 heteroatoms. The zero-order valence-electron chi connectivity index (χ0n) is 11.1. The van der Waals surface area contributed by atoms with Gasteiger partial charge in [-0.15, -0.1) is 11.3 Å². The van der Waals surface area contributed by atoms with E-state index in [1.807, 2.05) is 23.4 Å². The van der Waals surface area contributed by atoms with E-state index in [1.54, 1.807) is 11.3 Å². The van der Waals surface area contributed by atoms with Gasteiger partial charge in [-0.25, -0.2) is 4.98 Å². The largest absolute Gasteiger partial charge is 0.345 e. The lowest BCUT2D eigenvalue weighted by atomic mass is 10.0. The smallest absolute Gasteiger partial charge is 0.225 e. The van der Waals surface area contributed by atoms with Crippen molar-refractivity contribution in [2.24, 2.45) is 5.92 Å². The van der Waals surface area contributed by atoms with Crippen LogP contribution in [0.25, 0.3) is 0 Å². The second kappa shape index (κ2) is 6.18. The Morgan fingerprint density at radius 1 is 1.44 bits per heavy atom. The molecule has 18 heavy (non-hydrogen) atoms. The summed E-state index contributed by atoms with van der Waals surface area (Å²) in [5.41, 5.74) is 0. The van der Waals surface area contributed by atoms with Crippen LogP contribution in [0.1, 0.15) is 26.7 Å². The van der Waals surface area contributed by atoms with Crippen LogP contribution in [0.5, 0.6) is 0 Å². The second-order valence-corrected chi connectivity index (χ2v) is 5.69. The van der Waals surface area contributed by atoms with Crippen LogP contribution in [-0.2, 0) is 4.79 Å². The van der Waals surface area contributed by atoms with E-state index >= 15 is 0 Å². The topological polar surface area (TPSA) is 36.4 Å². The summed E-state index contributed by atoms with van der Waals surface area (Å²) in [5.74, 6) is 0.483. The van der Waals surface area contributed by atoms with Crippen molar-refractivity contribution in [1.29, 1.82) is 0 Å².